The van der Waals surface area contributed by atoms with Crippen molar-refractivity contribution in [3.63, 3.8) is 0 Å². The highest BCUT2D eigenvalue weighted by atomic mass is 32.2. The molecule has 1 heterocycles. The molecule has 10 heteroatoms. The zero-order valence-corrected chi connectivity index (χ0v) is 20.6. The molecule has 1 amide bonds. The van der Waals surface area contributed by atoms with Crippen molar-refractivity contribution in [1.82, 2.24) is 10.4 Å². The van der Waals surface area contributed by atoms with Crippen molar-refractivity contribution in [1.29, 1.82) is 0 Å². The zero-order valence-electron chi connectivity index (χ0n) is 19.8. The largest absolute Gasteiger partial charge is 0.497 e. The molecule has 3 aromatic carbocycles. The summed E-state index contributed by atoms with van der Waals surface area (Å²) >= 11 is 0. The number of hydrazone groups is 1. The van der Waals surface area contributed by atoms with Crippen LogP contribution in [0.4, 0.5) is 0 Å². The molecule has 1 aromatic heterocycles. The summed E-state index contributed by atoms with van der Waals surface area (Å²) in [6.07, 6.45) is 4.59. The molecule has 0 atom stereocenters. The molecule has 0 unspecified atom stereocenters. The summed E-state index contributed by atoms with van der Waals surface area (Å²) in [5, 5.41) is 3.94. The van der Waals surface area contributed by atoms with Crippen LogP contribution in [-0.4, -0.2) is 32.6 Å². The van der Waals surface area contributed by atoms with Crippen LogP contribution in [0.1, 0.15) is 11.1 Å². The summed E-state index contributed by atoms with van der Waals surface area (Å²) < 4.78 is 41.9. The van der Waals surface area contributed by atoms with Gasteiger partial charge < -0.3 is 13.7 Å². The van der Waals surface area contributed by atoms with Gasteiger partial charge in [-0.2, -0.15) is 13.5 Å². The number of methoxy groups -OCH3 is 1. The Kier molecular flexibility index (Phi) is 8.11. The first-order valence-electron chi connectivity index (χ1n) is 11.1. The van der Waals surface area contributed by atoms with E-state index in [1.54, 1.807) is 74.1 Å². The third-order valence-corrected chi connectivity index (χ3v) is 6.24. The van der Waals surface area contributed by atoms with Gasteiger partial charge in [-0.3, -0.25) is 9.78 Å². The summed E-state index contributed by atoms with van der Waals surface area (Å²) in [5.74, 6) is 1.34. The van der Waals surface area contributed by atoms with Gasteiger partial charge in [-0.15, -0.1) is 0 Å². The second-order valence-corrected chi connectivity index (χ2v) is 9.21. The molecule has 0 aliphatic carbocycles. The number of amides is 1. The molecule has 4 rings (SSSR count). The highest BCUT2D eigenvalue weighted by molar-refractivity contribution is 7.87. The minimum absolute atomic E-state index is 0.0515. The standard InChI is InChI=1S/C27H23N3O6S/c1-34-23-8-4-6-20(16-23)17-27(31)30-29-18-21-7-2-3-10-26(21)36-37(32,33)25-13-11-22(12-14-25)35-24-9-5-15-28-19-24/h2-16,18-19H,17H2,1H3,(H,30,31)/b29-18+. The first-order chi connectivity index (χ1) is 17.9. The van der Waals surface area contributed by atoms with Crippen LogP contribution >= 0.6 is 0 Å². The molecule has 0 saturated carbocycles. The predicted octanol–water partition coefficient (Wildman–Crippen LogP) is 4.34. The Labute approximate surface area is 214 Å². The van der Waals surface area contributed by atoms with Crippen molar-refractivity contribution in [2.45, 2.75) is 11.3 Å². The van der Waals surface area contributed by atoms with Crippen molar-refractivity contribution in [3.05, 3.63) is 108 Å². The summed E-state index contributed by atoms with van der Waals surface area (Å²) in [5.41, 5.74) is 3.56. The Morgan fingerprint density at radius 3 is 2.49 bits per heavy atom. The van der Waals surface area contributed by atoms with Gasteiger partial charge in [0.05, 0.1) is 25.9 Å². The molecule has 188 valence electrons. The minimum atomic E-state index is -4.14. The molecule has 37 heavy (non-hydrogen) atoms. The van der Waals surface area contributed by atoms with Gasteiger partial charge in [0.25, 0.3) is 0 Å². The molecule has 9 nitrogen and oxygen atoms in total. The van der Waals surface area contributed by atoms with Crippen LogP contribution in [0, 0.1) is 0 Å². The van der Waals surface area contributed by atoms with Gasteiger partial charge in [-0.1, -0.05) is 24.3 Å². The predicted molar refractivity (Wildman–Crippen MR) is 137 cm³/mol. The van der Waals surface area contributed by atoms with Crippen molar-refractivity contribution < 1.29 is 26.9 Å². The van der Waals surface area contributed by atoms with Crippen LogP contribution in [0.3, 0.4) is 0 Å². The van der Waals surface area contributed by atoms with Gasteiger partial charge in [0, 0.05) is 11.8 Å². The molecule has 0 aliphatic heterocycles. The monoisotopic (exact) mass is 517 g/mol. The minimum Gasteiger partial charge on any atom is -0.497 e. The maximum atomic E-state index is 12.9. The number of benzene rings is 3. The number of pyridine rings is 1. The number of carbonyl (C=O) groups excluding carboxylic acids is 1. The number of carbonyl (C=O) groups is 1. The second kappa shape index (κ2) is 11.8. The van der Waals surface area contributed by atoms with E-state index in [1.807, 2.05) is 0 Å². The van der Waals surface area contributed by atoms with E-state index >= 15 is 0 Å². The molecular formula is C27H23N3O6S. The first-order valence-corrected chi connectivity index (χ1v) is 12.5. The van der Waals surface area contributed by atoms with Crippen molar-refractivity contribution in [2.75, 3.05) is 7.11 Å². The van der Waals surface area contributed by atoms with Gasteiger partial charge in [0.1, 0.15) is 22.1 Å². The summed E-state index contributed by atoms with van der Waals surface area (Å²) in [6.45, 7) is 0. The highest BCUT2D eigenvalue weighted by Crippen LogP contribution is 2.25. The van der Waals surface area contributed by atoms with E-state index in [4.69, 9.17) is 13.7 Å². The molecule has 0 saturated heterocycles. The van der Waals surface area contributed by atoms with E-state index in [0.29, 0.717) is 22.8 Å². The fraction of sp³-hybridized carbons (Fsp3) is 0.0741. The molecule has 0 aliphatic rings. The summed E-state index contributed by atoms with van der Waals surface area (Å²) in [4.78, 5) is 16.2. The zero-order chi connectivity index (χ0) is 26.1. The maximum absolute atomic E-state index is 12.9. The highest BCUT2D eigenvalue weighted by Gasteiger charge is 2.18. The average Bonchev–Trinajstić information content (AvgIpc) is 2.90. The van der Waals surface area contributed by atoms with E-state index in [2.05, 4.69) is 15.5 Å². The Morgan fingerprint density at radius 2 is 1.73 bits per heavy atom. The second-order valence-electron chi connectivity index (χ2n) is 7.66. The van der Waals surface area contributed by atoms with Crippen molar-refractivity contribution in [3.8, 4) is 23.0 Å². The number of rotatable bonds is 10. The Balaban J connectivity index is 1.40. The van der Waals surface area contributed by atoms with Gasteiger partial charge in [0.15, 0.2) is 5.75 Å². The van der Waals surface area contributed by atoms with E-state index in [0.717, 1.165) is 5.56 Å². The van der Waals surface area contributed by atoms with E-state index in [9.17, 15) is 13.2 Å². The lowest BCUT2D eigenvalue weighted by Crippen LogP contribution is -2.19. The van der Waals surface area contributed by atoms with E-state index in [1.165, 1.54) is 36.5 Å². The third-order valence-electron chi connectivity index (χ3n) is 4.99. The molecular weight excluding hydrogens is 494 g/mol. The normalized spacial score (nSPS) is 11.2. The van der Waals surface area contributed by atoms with Crippen LogP contribution in [0.15, 0.2) is 107 Å². The lowest BCUT2D eigenvalue weighted by Gasteiger charge is -2.10. The van der Waals surface area contributed by atoms with Crippen LogP contribution in [0.25, 0.3) is 0 Å². The summed E-state index contributed by atoms with van der Waals surface area (Å²) in [6, 6.07) is 22.9. The molecule has 0 fully saturated rings. The number of hydrogen-bond acceptors (Lipinski definition) is 8. The van der Waals surface area contributed by atoms with Crippen LogP contribution < -0.4 is 19.1 Å². The number of ether oxygens (including phenoxy) is 2. The lowest BCUT2D eigenvalue weighted by molar-refractivity contribution is -0.120. The third kappa shape index (κ3) is 7.15. The fourth-order valence-corrected chi connectivity index (χ4v) is 4.18. The maximum Gasteiger partial charge on any atom is 0.339 e. The smallest absolute Gasteiger partial charge is 0.339 e. The number of aromatic nitrogens is 1. The van der Waals surface area contributed by atoms with Gasteiger partial charge in [-0.05, 0) is 66.2 Å². The van der Waals surface area contributed by atoms with Crippen LogP contribution in [0.5, 0.6) is 23.0 Å². The Hall–Kier alpha value is -4.70. The van der Waals surface area contributed by atoms with E-state index < -0.39 is 10.1 Å². The molecule has 4 aromatic rings. The quantitative estimate of drug-likeness (QED) is 0.189. The first kappa shape index (κ1) is 25.4. The van der Waals surface area contributed by atoms with Crippen molar-refractivity contribution in [2.24, 2.45) is 5.10 Å². The Morgan fingerprint density at radius 1 is 0.946 bits per heavy atom. The number of nitrogens with one attached hydrogen (secondary N) is 1. The van der Waals surface area contributed by atoms with Crippen LogP contribution in [-0.2, 0) is 21.3 Å². The van der Waals surface area contributed by atoms with E-state index in [-0.39, 0.29) is 23.0 Å². The van der Waals surface area contributed by atoms with Gasteiger partial charge >= 0.3 is 10.1 Å². The molecule has 0 radical (unpaired) electrons. The van der Waals surface area contributed by atoms with Gasteiger partial charge in [-0.25, -0.2) is 5.43 Å². The number of para-hydroxylation sites is 1. The fourth-order valence-electron chi connectivity index (χ4n) is 3.23. The lowest BCUT2D eigenvalue weighted by atomic mass is 10.1. The number of nitrogens with zero attached hydrogens (tertiary/aromatic N) is 2. The SMILES string of the molecule is COc1cccc(CC(=O)N/N=C/c2ccccc2OS(=O)(=O)c2ccc(Oc3cccnc3)cc2)c1. The number of hydrogen-bond donors (Lipinski definition) is 1. The Bertz CT molecular complexity index is 1490. The van der Waals surface area contributed by atoms with Crippen molar-refractivity contribution >= 4 is 22.2 Å². The molecule has 1 N–H and O–H groups in total. The average molecular weight is 518 g/mol. The van der Waals surface area contributed by atoms with Gasteiger partial charge in [0.2, 0.25) is 5.91 Å². The molecule has 0 bridgehead atoms. The summed E-state index contributed by atoms with van der Waals surface area (Å²) in [7, 11) is -2.59. The topological polar surface area (TPSA) is 116 Å². The van der Waals surface area contributed by atoms with Crippen LogP contribution in [0.2, 0.25) is 0 Å². The molecule has 0 spiro atoms.